The lowest BCUT2D eigenvalue weighted by molar-refractivity contribution is 0.383. The van der Waals surface area contributed by atoms with Crippen molar-refractivity contribution >= 4 is 10.2 Å². The first-order chi connectivity index (χ1) is 7.89. The van der Waals surface area contributed by atoms with Crippen LogP contribution in [0.2, 0.25) is 0 Å². The minimum atomic E-state index is -3.25. The first-order valence-electron chi connectivity index (χ1n) is 6.25. The summed E-state index contributed by atoms with van der Waals surface area (Å²) < 4.78 is 27.6. The summed E-state index contributed by atoms with van der Waals surface area (Å²) in [6.45, 7) is 6.94. The maximum atomic E-state index is 12.2. The van der Waals surface area contributed by atoms with Gasteiger partial charge in [-0.05, 0) is 31.8 Å². The SMILES string of the molecule is CNCCCN(C)S(=O)(=O)N1CC(C)C(C)C1. The number of rotatable bonds is 6. The minimum absolute atomic E-state index is 0.454. The average Bonchev–Trinajstić information content (AvgIpc) is 2.60. The van der Waals surface area contributed by atoms with E-state index in [-0.39, 0.29) is 0 Å². The van der Waals surface area contributed by atoms with E-state index in [1.54, 1.807) is 11.4 Å². The van der Waals surface area contributed by atoms with Crippen LogP contribution >= 0.6 is 0 Å². The van der Waals surface area contributed by atoms with E-state index >= 15 is 0 Å². The lowest BCUT2D eigenvalue weighted by Gasteiger charge is -2.24. The Kier molecular flexibility index (Phi) is 5.37. The third-order valence-corrected chi connectivity index (χ3v) is 5.50. The molecule has 102 valence electrons. The molecule has 1 fully saturated rings. The van der Waals surface area contributed by atoms with Crippen LogP contribution in [0.1, 0.15) is 20.3 Å². The fourth-order valence-electron chi connectivity index (χ4n) is 2.06. The maximum absolute atomic E-state index is 12.2. The number of hydrogen-bond donors (Lipinski definition) is 1. The van der Waals surface area contributed by atoms with Gasteiger partial charge in [0.05, 0.1) is 0 Å². The van der Waals surface area contributed by atoms with E-state index in [9.17, 15) is 8.42 Å². The summed E-state index contributed by atoms with van der Waals surface area (Å²) in [4.78, 5) is 0. The van der Waals surface area contributed by atoms with Crippen molar-refractivity contribution in [3.05, 3.63) is 0 Å². The Labute approximate surface area is 105 Å². The average molecular weight is 263 g/mol. The van der Waals surface area contributed by atoms with Crippen molar-refractivity contribution < 1.29 is 8.42 Å². The van der Waals surface area contributed by atoms with E-state index < -0.39 is 10.2 Å². The third kappa shape index (κ3) is 3.64. The third-order valence-electron chi connectivity index (χ3n) is 3.57. The molecule has 6 heteroatoms. The van der Waals surface area contributed by atoms with Gasteiger partial charge in [-0.3, -0.25) is 0 Å². The normalized spacial score (nSPS) is 26.9. The summed E-state index contributed by atoms with van der Waals surface area (Å²) >= 11 is 0. The Morgan fingerprint density at radius 3 is 2.29 bits per heavy atom. The van der Waals surface area contributed by atoms with Crippen molar-refractivity contribution in [2.75, 3.05) is 40.3 Å². The molecule has 0 aromatic carbocycles. The molecular weight excluding hydrogens is 238 g/mol. The summed E-state index contributed by atoms with van der Waals surface area (Å²) in [7, 11) is 0.293. The first kappa shape index (κ1) is 14.9. The van der Waals surface area contributed by atoms with Gasteiger partial charge in [0.1, 0.15) is 0 Å². The van der Waals surface area contributed by atoms with Crippen LogP contribution in [0.25, 0.3) is 0 Å². The molecule has 5 nitrogen and oxygen atoms in total. The molecule has 0 aromatic rings. The van der Waals surface area contributed by atoms with Crippen molar-refractivity contribution in [3.8, 4) is 0 Å². The van der Waals surface area contributed by atoms with Crippen molar-refractivity contribution in [2.24, 2.45) is 11.8 Å². The van der Waals surface area contributed by atoms with Crippen LogP contribution in [-0.4, -0.2) is 57.3 Å². The van der Waals surface area contributed by atoms with Crippen LogP contribution in [0.3, 0.4) is 0 Å². The van der Waals surface area contributed by atoms with Crippen molar-refractivity contribution in [1.82, 2.24) is 13.9 Å². The van der Waals surface area contributed by atoms with E-state index in [2.05, 4.69) is 19.2 Å². The van der Waals surface area contributed by atoms with E-state index in [0.717, 1.165) is 13.0 Å². The summed E-state index contributed by atoms with van der Waals surface area (Å²) in [6.07, 6.45) is 0.838. The van der Waals surface area contributed by atoms with Gasteiger partial charge in [0.15, 0.2) is 0 Å². The number of nitrogens with zero attached hydrogens (tertiary/aromatic N) is 2. The molecule has 2 unspecified atom stereocenters. The zero-order valence-corrected chi connectivity index (χ0v) is 12.1. The van der Waals surface area contributed by atoms with Gasteiger partial charge in [-0.2, -0.15) is 17.0 Å². The predicted octanol–water partition coefficient (Wildman–Crippen LogP) is 0.360. The van der Waals surface area contributed by atoms with Crippen LogP contribution in [0.5, 0.6) is 0 Å². The topological polar surface area (TPSA) is 52.7 Å². The largest absolute Gasteiger partial charge is 0.320 e. The molecule has 1 aliphatic rings. The zero-order valence-electron chi connectivity index (χ0n) is 11.3. The molecule has 0 saturated carbocycles. The van der Waals surface area contributed by atoms with Gasteiger partial charge >= 0.3 is 0 Å². The Hall–Kier alpha value is -0.170. The van der Waals surface area contributed by atoms with Gasteiger partial charge in [-0.1, -0.05) is 13.8 Å². The highest BCUT2D eigenvalue weighted by Gasteiger charge is 2.35. The number of hydrogen-bond acceptors (Lipinski definition) is 3. The molecule has 0 amide bonds. The molecule has 0 radical (unpaired) electrons. The zero-order chi connectivity index (χ0) is 13.1. The monoisotopic (exact) mass is 263 g/mol. The Morgan fingerprint density at radius 1 is 1.29 bits per heavy atom. The second-order valence-corrected chi connectivity index (χ2v) is 7.09. The summed E-state index contributed by atoms with van der Waals surface area (Å²) in [5.74, 6) is 0.908. The molecule has 0 bridgehead atoms. The second-order valence-electron chi connectivity index (χ2n) is 5.06. The standard InChI is InChI=1S/C11H25N3O2S/c1-10-8-14(9-11(10)2)17(15,16)13(4)7-5-6-12-3/h10-12H,5-9H2,1-4H3. The van der Waals surface area contributed by atoms with Crippen LogP contribution in [0.4, 0.5) is 0 Å². The smallest absolute Gasteiger partial charge is 0.281 e. The second kappa shape index (κ2) is 6.13. The maximum Gasteiger partial charge on any atom is 0.281 e. The van der Waals surface area contributed by atoms with E-state index in [0.29, 0.717) is 31.5 Å². The molecule has 0 aliphatic carbocycles. The molecule has 0 spiro atoms. The number of nitrogens with one attached hydrogen (secondary N) is 1. The summed E-state index contributed by atoms with van der Waals surface area (Å²) in [6, 6.07) is 0. The van der Waals surface area contributed by atoms with Crippen LogP contribution < -0.4 is 5.32 Å². The first-order valence-corrected chi connectivity index (χ1v) is 7.65. The molecule has 1 rings (SSSR count). The lowest BCUT2D eigenvalue weighted by Crippen LogP contribution is -2.41. The van der Waals surface area contributed by atoms with Crippen molar-refractivity contribution in [1.29, 1.82) is 0 Å². The fraction of sp³-hybridized carbons (Fsp3) is 1.00. The molecule has 1 heterocycles. The van der Waals surface area contributed by atoms with Crippen LogP contribution in [-0.2, 0) is 10.2 Å². The van der Waals surface area contributed by atoms with Gasteiger partial charge in [0, 0.05) is 26.7 Å². The van der Waals surface area contributed by atoms with Gasteiger partial charge in [-0.25, -0.2) is 0 Å². The molecule has 0 aromatic heterocycles. The molecule has 2 atom stereocenters. The highest BCUT2D eigenvalue weighted by molar-refractivity contribution is 7.86. The predicted molar refractivity (Wildman–Crippen MR) is 70.0 cm³/mol. The highest BCUT2D eigenvalue weighted by Crippen LogP contribution is 2.25. The Bertz CT molecular complexity index is 322. The molecule has 1 aliphatic heterocycles. The Balaban J connectivity index is 2.56. The molecule has 17 heavy (non-hydrogen) atoms. The quantitative estimate of drug-likeness (QED) is 0.704. The Morgan fingerprint density at radius 2 is 1.82 bits per heavy atom. The molecule has 1 N–H and O–H groups in total. The van der Waals surface area contributed by atoms with Gasteiger partial charge in [0.2, 0.25) is 0 Å². The van der Waals surface area contributed by atoms with E-state index in [1.165, 1.54) is 4.31 Å². The van der Waals surface area contributed by atoms with Gasteiger partial charge < -0.3 is 5.32 Å². The van der Waals surface area contributed by atoms with Gasteiger partial charge in [-0.15, -0.1) is 0 Å². The van der Waals surface area contributed by atoms with Crippen LogP contribution in [0.15, 0.2) is 0 Å². The van der Waals surface area contributed by atoms with E-state index in [1.807, 2.05) is 7.05 Å². The van der Waals surface area contributed by atoms with Crippen LogP contribution in [0, 0.1) is 11.8 Å². The minimum Gasteiger partial charge on any atom is -0.320 e. The van der Waals surface area contributed by atoms with Crippen molar-refractivity contribution in [2.45, 2.75) is 20.3 Å². The lowest BCUT2D eigenvalue weighted by atomic mass is 10.0. The van der Waals surface area contributed by atoms with E-state index in [4.69, 9.17) is 0 Å². The highest BCUT2D eigenvalue weighted by atomic mass is 32.2. The van der Waals surface area contributed by atoms with Gasteiger partial charge in [0.25, 0.3) is 10.2 Å². The molecular formula is C11H25N3O2S. The molecule has 1 saturated heterocycles. The summed E-state index contributed by atoms with van der Waals surface area (Å²) in [5.41, 5.74) is 0. The summed E-state index contributed by atoms with van der Waals surface area (Å²) in [5, 5.41) is 3.02. The van der Waals surface area contributed by atoms with Crippen molar-refractivity contribution in [3.63, 3.8) is 0 Å². The fourth-order valence-corrected chi connectivity index (χ4v) is 3.66.